The van der Waals surface area contributed by atoms with E-state index in [1.54, 1.807) is 11.1 Å². The molecule has 0 spiro atoms. The summed E-state index contributed by atoms with van der Waals surface area (Å²) >= 11 is 2.12. The van der Waals surface area contributed by atoms with Gasteiger partial charge >= 0.3 is 0 Å². The monoisotopic (exact) mass is 261 g/mol. The van der Waals surface area contributed by atoms with Gasteiger partial charge in [0.25, 0.3) is 0 Å². The van der Waals surface area contributed by atoms with E-state index in [1.165, 1.54) is 50.0 Å². The predicted molar refractivity (Wildman–Crippen MR) is 80.2 cm³/mol. The summed E-state index contributed by atoms with van der Waals surface area (Å²) in [6.07, 6.45) is 8.06. The van der Waals surface area contributed by atoms with Gasteiger partial charge in [-0.25, -0.2) is 0 Å². The summed E-state index contributed by atoms with van der Waals surface area (Å²) in [5, 5.41) is 3.93. The number of fused-ring (bicyclic) bond motifs is 1. The Morgan fingerprint density at radius 2 is 2.00 bits per heavy atom. The van der Waals surface area contributed by atoms with Crippen molar-refractivity contribution in [2.24, 2.45) is 0 Å². The van der Waals surface area contributed by atoms with Crippen LogP contribution in [0.2, 0.25) is 0 Å². The fraction of sp³-hybridized carbons (Fsp3) is 0.625. The molecule has 3 rings (SSSR count). The molecule has 1 N–H and O–H groups in total. The van der Waals surface area contributed by atoms with Crippen LogP contribution in [0.3, 0.4) is 0 Å². The first-order valence-corrected chi connectivity index (χ1v) is 8.50. The van der Waals surface area contributed by atoms with Gasteiger partial charge in [0, 0.05) is 17.8 Å². The van der Waals surface area contributed by atoms with Gasteiger partial charge < -0.3 is 5.32 Å². The van der Waals surface area contributed by atoms with Gasteiger partial charge in [-0.15, -0.1) is 0 Å². The molecular weight excluding hydrogens is 238 g/mol. The molecule has 0 radical (unpaired) electrons. The van der Waals surface area contributed by atoms with Gasteiger partial charge in [-0.2, -0.15) is 11.8 Å². The van der Waals surface area contributed by atoms with Crippen LogP contribution in [0.25, 0.3) is 0 Å². The van der Waals surface area contributed by atoms with Crippen LogP contribution in [0.5, 0.6) is 0 Å². The zero-order valence-electron chi connectivity index (χ0n) is 11.0. The van der Waals surface area contributed by atoms with Gasteiger partial charge in [-0.1, -0.05) is 30.7 Å². The average molecular weight is 261 g/mol. The highest BCUT2D eigenvalue weighted by atomic mass is 32.2. The normalized spacial score (nSPS) is 28.4. The van der Waals surface area contributed by atoms with E-state index in [-0.39, 0.29) is 0 Å². The molecule has 1 aromatic rings. The van der Waals surface area contributed by atoms with Crippen LogP contribution >= 0.6 is 11.8 Å². The van der Waals surface area contributed by atoms with E-state index in [0.717, 1.165) is 6.04 Å². The lowest BCUT2D eigenvalue weighted by Crippen LogP contribution is -2.36. The third-order valence-electron chi connectivity index (χ3n) is 4.22. The third kappa shape index (κ3) is 2.92. The highest BCUT2D eigenvalue weighted by molar-refractivity contribution is 7.99. The summed E-state index contributed by atoms with van der Waals surface area (Å²) in [4.78, 5) is 0. The Balaban J connectivity index is 1.74. The van der Waals surface area contributed by atoms with Crippen molar-refractivity contribution in [2.45, 2.75) is 50.6 Å². The first-order valence-electron chi connectivity index (χ1n) is 7.35. The minimum absolute atomic E-state index is 0.604. The molecule has 0 aromatic heterocycles. The highest BCUT2D eigenvalue weighted by Crippen LogP contribution is 2.30. The molecule has 0 amide bonds. The lowest BCUT2D eigenvalue weighted by Gasteiger charge is -2.28. The zero-order valence-corrected chi connectivity index (χ0v) is 11.8. The molecule has 1 fully saturated rings. The van der Waals surface area contributed by atoms with E-state index in [1.807, 2.05) is 0 Å². The first kappa shape index (κ1) is 12.6. The van der Waals surface area contributed by atoms with E-state index in [9.17, 15) is 0 Å². The molecule has 1 aromatic carbocycles. The minimum Gasteiger partial charge on any atom is -0.306 e. The quantitative estimate of drug-likeness (QED) is 0.809. The van der Waals surface area contributed by atoms with Crippen LogP contribution < -0.4 is 5.32 Å². The molecule has 1 aliphatic carbocycles. The van der Waals surface area contributed by atoms with Crippen LogP contribution in [-0.4, -0.2) is 17.5 Å². The fourth-order valence-corrected chi connectivity index (χ4v) is 4.34. The Hall–Kier alpha value is -0.470. The van der Waals surface area contributed by atoms with Gasteiger partial charge in [0.05, 0.1) is 0 Å². The minimum atomic E-state index is 0.604. The van der Waals surface area contributed by atoms with Gasteiger partial charge in [0.2, 0.25) is 0 Å². The second-order valence-electron chi connectivity index (χ2n) is 5.58. The Bertz CT molecular complexity index is 384. The number of thioether (sulfide) groups is 1. The number of rotatable bonds is 2. The molecule has 2 heteroatoms. The van der Waals surface area contributed by atoms with Gasteiger partial charge in [0.15, 0.2) is 0 Å². The topological polar surface area (TPSA) is 12.0 Å². The summed E-state index contributed by atoms with van der Waals surface area (Å²) in [5.41, 5.74) is 3.15. The molecule has 2 unspecified atom stereocenters. The average Bonchev–Trinajstić information content (AvgIpc) is 2.63. The summed E-state index contributed by atoms with van der Waals surface area (Å²) in [6.45, 7) is 0. The number of hydrogen-bond acceptors (Lipinski definition) is 2. The van der Waals surface area contributed by atoms with Crippen molar-refractivity contribution in [2.75, 3.05) is 11.5 Å². The summed E-state index contributed by atoms with van der Waals surface area (Å²) in [6, 6.07) is 10.4. The smallest absolute Gasteiger partial charge is 0.0325 e. The molecule has 1 saturated heterocycles. The van der Waals surface area contributed by atoms with E-state index in [2.05, 4.69) is 41.3 Å². The van der Waals surface area contributed by atoms with Gasteiger partial charge in [-0.3, -0.25) is 0 Å². The molecule has 98 valence electrons. The molecule has 1 nitrogen and oxygen atoms in total. The summed E-state index contributed by atoms with van der Waals surface area (Å²) < 4.78 is 0. The van der Waals surface area contributed by atoms with Crippen molar-refractivity contribution in [1.82, 2.24) is 5.32 Å². The Kier molecular flexibility index (Phi) is 4.27. The van der Waals surface area contributed by atoms with Gasteiger partial charge in [-0.05, 0) is 49.0 Å². The lowest BCUT2D eigenvalue weighted by atomic mass is 9.98. The Morgan fingerprint density at radius 1 is 1.06 bits per heavy atom. The molecule has 0 bridgehead atoms. The standard InChI is InChI=1S/C16H23NS/c1-3-9-15-13(6-1)7-2-4-10-16(15)17-14-8-5-11-18-12-14/h1,3,6,9,14,16-17H,2,4-5,7-8,10-12H2. The molecule has 2 atom stereocenters. The molecule has 1 heterocycles. The maximum Gasteiger partial charge on any atom is 0.0325 e. The number of aryl methyl sites for hydroxylation is 1. The summed E-state index contributed by atoms with van der Waals surface area (Å²) in [7, 11) is 0. The van der Waals surface area contributed by atoms with Crippen LogP contribution in [-0.2, 0) is 6.42 Å². The fourth-order valence-electron chi connectivity index (χ4n) is 3.25. The third-order valence-corrected chi connectivity index (χ3v) is 5.43. The van der Waals surface area contributed by atoms with Crippen LogP contribution in [0.4, 0.5) is 0 Å². The number of hydrogen-bond donors (Lipinski definition) is 1. The van der Waals surface area contributed by atoms with Crippen molar-refractivity contribution >= 4 is 11.8 Å². The van der Waals surface area contributed by atoms with E-state index < -0.39 is 0 Å². The molecular formula is C16H23NS. The second kappa shape index (κ2) is 6.12. The first-order chi connectivity index (χ1) is 8.93. The zero-order chi connectivity index (χ0) is 12.2. The molecule has 1 aliphatic heterocycles. The largest absolute Gasteiger partial charge is 0.306 e. The molecule has 18 heavy (non-hydrogen) atoms. The van der Waals surface area contributed by atoms with Crippen molar-refractivity contribution in [3.05, 3.63) is 35.4 Å². The number of benzene rings is 1. The van der Waals surface area contributed by atoms with Crippen LogP contribution in [0.1, 0.15) is 49.3 Å². The number of nitrogens with one attached hydrogen (secondary N) is 1. The van der Waals surface area contributed by atoms with Crippen molar-refractivity contribution in [3.63, 3.8) is 0 Å². The van der Waals surface area contributed by atoms with E-state index in [4.69, 9.17) is 0 Å². The van der Waals surface area contributed by atoms with Crippen LogP contribution in [0.15, 0.2) is 24.3 Å². The highest BCUT2D eigenvalue weighted by Gasteiger charge is 2.22. The van der Waals surface area contributed by atoms with Crippen molar-refractivity contribution in [1.29, 1.82) is 0 Å². The summed E-state index contributed by atoms with van der Waals surface area (Å²) in [5.74, 6) is 2.66. The Morgan fingerprint density at radius 3 is 2.89 bits per heavy atom. The van der Waals surface area contributed by atoms with Crippen molar-refractivity contribution in [3.8, 4) is 0 Å². The molecule has 2 aliphatic rings. The predicted octanol–water partition coefficient (Wildman–Crippen LogP) is 3.94. The maximum absolute atomic E-state index is 3.93. The maximum atomic E-state index is 3.93. The lowest BCUT2D eigenvalue weighted by molar-refractivity contribution is 0.411. The van der Waals surface area contributed by atoms with E-state index in [0.29, 0.717) is 6.04 Å². The van der Waals surface area contributed by atoms with E-state index >= 15 is 0 Å². The Labute approximate surface area is 115 Å². The molecule has 0 saturated carbocycles. The van der Waals surface area contributed by atoms with Crippen molar-refractivity contribution < 1.29 is 0 Å². The SMILES string of the molecule is c1ccc2c(c1)CCCCC2NC1CCCSC1. The van der Waals surface area contributed by atoms with Crippen LogP contribution in [0, 0.1) is 0 Å². The second-order valence-corrected chi connectivity index (χ2v) is 6.73. The van der Waals surface area contributed by atoms with Gasteiger partial charge in [0.1, 0.15) is 0 Å².